The van der Waals surface area contributed by atoms with E-state index in [0.29, 0.717) is 5.92 Å². The molecular weight excluding hydrogens is 328 g/mol. The summed E-state index contributed by atoms with van der Waals surface area (Å²) in [4.78, 5) is 16.0. The van der Waals surface area contributed by atoms with E-state index >= 15 is 0 Å². The van der Waals surface area contributed by atoms with Gasteiger partial charge >= 0.3 is 0 Å². The van der Waals surface area contributed by atoms with Crippen LogP contribution < -0.4 is 4.90 Å². The second kappa shape index (κ2) is 6.99. The summed E-state index contributed by atoms with van der Waals surface area (Å²) in [5.74, 6) is 1.53. The van der Waals surface area contributed by atoms with Crippen molar-refractivity contribution in [3.05, 3.63) is 30.4 Å². The van der Waals surface area contributed by atoms with Gasteiger partial charge in [0.15, 0.2) is 5.65 Å². The van der Waals surface area contributed by atoms with Crippen molar-refractivity contribution in [3.63, 3.8) is 0 Å². The molecule has 0 radical (unpaired) electrons. The first-order chi connectivity index (χ1) is 12.6. The summed E-state index contributed by atoms with van der Waals surface area (Å²) >= 11 is 0. The van der Waals surface area contributed by atoms with Crippen LogP contribution in [0.1, 0.15) is 18.5 Å². The number of aryl methyl sites for hydroxylation is 2. The molecule has 0 unspecified atom stereocenters. The van der Waals surface area contributed by atoms with E-state index in [1.54, 1.807) is 10.9 Å². The molecule has 136 valence electrons. The molecule has 4 rings (SSSR count). The zero-order chi connectivity index (χ0) is 18.1. The van der Waals surface area contributed by atoms with Crippen LogP contribution in [0.25, 0.3) is 22.3 Å². The predicted octanol–water partition coefficient (Wildman–Crippen LogP) is 2.60. The lowest BCUT2D eigenvalue weighted by Crippen LogP contribution is -2.30. The Labute approximate surface area is 153 Å². The van der Waals surface area contributed by atoms with Gasteiger partial charge in [0.25, 0.3) is 0 Å². The summed E-state index contributed by atoms with van der Waals surface area (Å²) in [5.41, 5.74) is 3.64. The molecule has 7 nitrogen and oxygen atoms in total. The SMILES string of the molecule is Cc1nn(C)c2ncc(-c3cncc(N(C)CC4CCOCC4)n3)cc12. The molecule has 4 heterocycles. The first-order valence-electron chi connectivity index (χ1n) is 9.02. The van der Waals surface area contributed by atoms with Crippen LogP contribution in [0, 0.1) is 12.8 Å². The highest BCUT2D eigenvalue weighted by Gasteiger charge is 2.17. The molecule has 0 amide bonds. The lowest BCUT2D eigenvalue weighted by molar-refractivity contribution is 0.0685. The van der Waals surface area contributed by atoms with Crippen molar-refractivity contribution in [2.45, 2.75) is 19.8 Å². The number of hydrogen-bond donors (Lipinski definition) is 0. The van der Waals surface area contributed by atoms with Gasteiger partial charge in [-0.15, -0.1) is 0 Å². The molecule has 0 N–H and O–H groups in total. The van der Waals surface area contributed by atoms with E-state index in [1.165, 1.54) is 0 Å². The monoisotopic (exact) mass is 352 g/mol. The van der Waals surface area contributed by atoms with Gasteiger partial charge in [0.2, 0.25) is 0 Å². The molecule has 1 fully saturated rings. The van der Waals surface area contributed by atoms with Crippen LogP contribution in [-0.2, 0) is 11.8 Å². The highest BCUT2D eigenvalue weighted by Crippen LogP contribution is 2.24. The third kappa shape index (κ3) is 3.26. The molecule has 0 aromatic carbocycles. The Morgan fingerprint density at radius 2 is 2.04 bits per heavy atom. The van der Waals surface area contributed by atoms with Gasteiger partial charge in [-0.2, -0.15) is 5.10 Å². The van der Waals surface area contributed by atoms with Gasteiger partial charge < -0.3 is 9.64 Å². The molecular formula is C19H24N6O. The van der Waals surface area contributed by atoms with E-state index in [1.807, 2.05) is 26.4 Å². The molecule has 1 aliphatic rings. The van der Waals surface area contributed by atoms with E-state index in [9.17, 15) is 0 Å². The van der Waals surface area contributed by atoms with Gasteiger partial charge in [-0.3, -0.25) is 9.67 Å². The quantitative estimate of drug-likeness (QED) is 0.719. The number of nitrogens with zero attached hydrogens (tertiary/aromatic N) is 6. The molecule has 0 atom stereocenters. The number of rotatable bonds is 4. The largest absolute Gasteiger partial charge is 0.381 e. The average Bonchev–Trinajstić information content (AvgIpc) is 2.96. The Kier molecular flexibility index (Phi) is 4.55. The van der Waals surface area contributed by atoms with E-state index in [-0.39, 0.29) is 0 Å². The van der Waals surface area contributed by atoms with Gasteiger partial charge in [-0.25, -0.2) is 9.97 Å². The van der Waals surface area contributed by atoms with Crippen LogP contribution in [0.4, 0.5) is 5.82 Å². The Morgan fingerprint density at radius 1 is 1.23 bits per heavy atom. The number of fused-ring (bicyclic) bond motifs is 1. The van der Waals surface area contributed by atoms with Crippen molar-refractivity contribution in [2.24, 2.45) is 13.0 Å². The second-order valence-corrected chi connectivity index (χ2v) is 7.00. The van der Waals surface area contributed by atoms with E-state index in [4.69, 9.17) is 9.72 Å². The van der Waals surface area contributed by atoms with E-state index in [2.05, 4.69) is 33.1 Å². The lowest BCUT2D eigenvalue weighted by Gasteiger charge is -2.27. The minimum absolute atomic E-state index is 0.648. The Hall–Kier alpha value is -2.54. The third-order valence-corrected chi connectivity index (χ3v) is 5.04. The zero-order valence-electron chi connectivity index (χ0n) is 15.5. The first-order valence-corrected chi connectivity index (χ1v) is 9.02. The van der Waals surface area contributed by atoms with Crippen molar-refractivity contribution in [1.82, 2.24) is 24.7 Å². The minimum atomic E-state index is 0.648. The van der Waals surface area contributed by atoms with Crippen LogP contribution in [0.3, 0.4) is 0 Å². The first kappa shape index (κ1) is 16.9. The summed E-state index contributed by atoms with van der Waals surface area (Å²) in [6.45, 7) is 4.69. The van der Waals surface area contributed by atoms with Crippen LogP contribution in [0.5, 0.6) is 0 Å². The highest BCUT2D eigenvalue weighted by atomic mass is 16.5. The fourth-order valence-corrected chi connectivity index (χ4v) is 3.54. The predicted molar refractivity (Wildman–Crippen MR) is 101 cm³/mol. The van der Waals surface area contributed by atoms with Gasteiger partial charge in [0, 0.05) is 51.0 Å². The summed E-state index contributed by atoms with van der Waals surface area (Å²) in [6, 6.07) is 2.09. The summed E-state index contributed by atoms with van der Waals surface area (Å²) in [6.07, 6.45) is 7.68. The maximum absolute atomic E-state index is 5.45. The number of ether oxygens (including phenoxy) is 1. The van der Waals surface area contributed by atoms with E-state index < -0.39 is 0 Å². The van der Waals surface area contributed by atoms with Crippen molar-refractivity contribution in [3.8, 4) is 11.3 Å². The molecule has 0 saturated carbocycles. The van der Waals surface area contributed by atoms with Crippen molar-refractivity contribution in [2.75, 3.05) is 31.7 Å². The minimum Gasteiger partial charge on any atom is -0.381 e. The van der Waals surface area contributed by atoms with E-state index in [0.717, 1.165) is 66.4 Å². The molecule has 1 aliphatic heterocycles. The summed E-state index contributed by atoms with van der Waals surface area (Å²) in [7, 11) is 3.99. The Morgan fingerprint density at radius 3 is 2.85 bits per heavy atom. The number of pyridine rings is 1. The second-order valence-electron chi connectivity index (χ2n) is 7.00. The van der Waals surface area contributed by atoms with Crippen molar-refractivity contribution in [1.29, 1.82) is 0 Å². The molecule has 0 spiro atoms. The van der Waals surface area contributed by atoms with Gasteiger partial charge in [0.1, 0.15) is 5.82 Å². The fraction of sp³-hybridized carbons (Fsp3) is 0.474. The zero-order valence-corrected chi connectivity index (χ0v) is 15.5. The third-order valence-electron chi connectivity index (χ3n) is 5.04. The average molecular weight is 352 g/mol. The Balaban J connectivity index is 1.59. The van der Waals surface area contributed by atoms with Crippen LogP contribution in [0.2, 0.25) is 0 Å². The molecule has 26 heavy (non-hydrogen) atoms. The number of hydrogen-bond acceptors (Lipinski definition) is 6. The van der Waals surface area contributed by atoms with Gasteiger partial charge in [0.05, 0.1) is 23.8 Å². The van der Waals surface area contributed by atoms with Crippen LogP contribution in [0.15, 0.2) is 24.7 Å². The molecule has 0 bridgehead atoms. The highest BCUT2D eigenvalue weighted by molar-refractivity contribution is 5.82. The summed E-state index contributed by atoms with van der Waals surface area (Å²) < 4.78 is 7.25. The molecule has 3 aromatic rings. The standard InChI is InChI=1S/C19H24N6O/c1-13-16-8-15(9-21-19(16)25(3)23-13)17-10-20-11-18(22-17)24(2)12-14-4-6-26-7-5-14/h8-11,14H,4-7,12H2,1-3H3. The lowest BCUT2D eigenvalue weighted by atomic mass is 10.00. The summed E-state index contributed by atoms with van der Waals surface area (Å²) in [5, 5.41) is 5.48. The number of anilines is 1. The van der Waals surface area contributed by atoms with Gasteiger partial charge in [-0.1, -0.05) is 0 Å². The van der Waals surface area contributed by atoms with Crippen LogP contribution in [-0.4, -0.2) is 51.5 Å². The molecule has 7 heteroatoms. The molecule has 3 aromatic heterocycles. The van der Waals surface area contributed by atoms with Crippen molar-refractivity contribution < 1.29 is 4.74 Å². The normalized spacial score (nSPS) is 15.5. The smallest absolute Gasteiger partial charge is 0.157 e. The van der Waals surface area contributed by atoms with Crippen molar-refractivity contribution >= 4 is 16.9 Å². The fourth-order valence-electron chi connectivity index (χ4n) is 3.54. The topological polar surface area (TPSA) is 69.0 Å². The maximum Gasteiger partial charge on any atom is 0.157 e. The maximum atomic E-state index is 5.45. The van der Waals surface area contributed by atoms with Gasteiger partial charge in [-0.05, 0) is 31.7 Å². The molecule has 0 aliphatic carbocycles. The van der Waals surface area contributed by atoms with Crippen LogP contribution >= 0.6 is 0 Å². The Bertz CT molecular complexity index is 916. The molecule has 1 saturated heterocycles. The number of aromatic nitrogens is 5.